The maximum atomic E-state index is 12.9. The highest BCUT2D eigenvalue weighted by Crippen LogP contribution is 2.45. The van der Waals surface area contributed by atoms with Crippen LogP contribution in [0.2, 0.25) is 0 Å². The first-order chi connectivity index (χ1) is 14.6. The van der Waals surface area contributed by atoms with Crippen LogP contribution in [0, 0.1) is 12.3 Å². The van der Waals surface area contributed by atoms with Crippen molar-refractivity contribution in [2.24, 2.45) is 5.41 Å². The molecule has 2 aromatic rings. The molecule has 0 radical (unpaired) electrons. The molecular weight excluding hydrogens is 396 g/mol. The maximum Gasteiger partial charge on any atom is 0.307 e. The van der Waals surface area contributed by atoms with Crippen LogP contribution in [-0.4, -0.2) is 29.6 Å². The van der Waals surface area contributed by atoms with Crippen LogP contribution >= 0.6 is 0 Å². The van der Waals surface area contributed by atoms with Crippen molar-refractivity contribution in [1.82, 2.24) is 4.98 Å². The van der Waals surface area contributed by atoms with Gasteiger partial charge in [0.2, 0.25) is 11.8 Å². The van der Waals surface area contributed by atoms with E-state index in [9.17, 15) is 9.59 Å². The molecule has 1 aliphatic carbocycles. The highest BCUT2D eigenvalue weighted by Gasteiger charge is 2.46. The Morgan fingerprint density at radius 2 is 1.90 bits per heavy atom. The van der Waals surface area contributed by atoms with E-state index in [1.807, 2.05) is 39.8 Å². The van der Waals surface area contributed by atoms with Crippen LogP contribution in [0.1, 0.15) is 52.0 Å². The number of hydrogen-bond acceptors (Lipinski definition) is 6. The van der Waals surface area contributed by atoms with E-state index in [1.54, 1.807) is 31.5 Å². The minimum absolute atomic E-state index is 0.0833. The van der Waals surface area contributed by atoms with E-state index in [1.165, 1.54) is 0 Å². The minimum atomic E-state index is -0.712. The van der Waals surface area contributed by atoms with Gasteiger partial charge in [-0.15, -0.1) is 0 Å². The molecule has 166 valence electrons. The van der Waals surface area contributed by atoms with Crippen LogP contribution in [0.3, 0.4) is 0 Å². The van der Waals surface area contributed by atoms with Crippen molar-refractivity contribution in [2.45, 2.75) is 59.0 Å². The molecule has 1 aromatic carbocycles. The van der Waals surface area contributed by atoms with Crippen LogP contribution in [-0.2, 0) is 14.3 Å². The molecule has 7 heteroatoms. The molecule has 0 atom stereocenters. The number of nitrogens with zero attached hydrogens (tertiary/aromatic N) is 1. The normalized spacial score (nSPS) is 14.9. The number of esters is 1. The number of nitrogens with one attached hydrogen (secondary N) is 1. The van der Waals surface area contributed by atoms with Gasteiger partial charge in [0.05, 0.1) is 30.8 Å². The third kappa shape index (κ3) is 5.75. The molecule has 1 saturated carbocycles. The summed E-state index contributed by atoms with van der Waals surface area (Å²) < 4.78 is 16.5. The second-order valence-electron chi connectivity index (χ2n) is 8.97. The average Bonchev–Trinajstić information content (AvgIpc) is 2.66. The van der Waals surface area contributed by atoms with Gasteiger partial charge in [-0.1, -0.05) is 12.5 Å². The van der Waals surface area contributed by atoms with Crippen molar-refractivity contribution in [3.05, 3.63) is 42.1 Å². The van der Waals surface area contributed by atoms with Gasteiger partial charge in [0.15, 0.2) is 0 Å². The maximum absolute atomic E-state index is 12.9. The predicted molar refractivity (Wildman–Crippen MR) is 117 cm³/mol. The van der Waals surface area contributed by atoms with Crippen LogP contribution < -0.4 is 14.8 Å². The molecule has 1 aromatic heterocycles. The number of benzene rings is 1. The van der Waals surface area contributed by atoms with E-state index in [0.29, 0.717) is 30.2 Å². The molecule has 1 amide bonds. The van der Waals surface area contributed by atoms with Crippen molar-refractivity contribution in [2.75, 3.05) is 12.4 Å². The molecule has 7 nitrogen and oxygen atoms in total. The molecule has 1 fully saturated rings. The van der Waals surface area contributed by atoms with Crippen LogP contribution in [0.15, 0.2) is 36.5 Å². The van der Waals surface area contributed by atoms with Gasteiger partial charge in [0, 0.05) is 12.1 Å². The monoisotopic (exact) mass is 426 g/mol. The second kappa shape index (κ2) is 8.96. The number of carbonyl (C=O) groups is 2. The largest absolute Gasteiger partial charge is 0.496 e. The number of pyridine rings is 1. The molecule has 3 rings (SSSR count). The Morgan fingerprint density at radius 1 is 1.16 bits per heavy atom. The zero-order chi connectivity index (χ0) is 22.6. The summed E-state index contributed by atoms with van der Waals surface area (Å²) in [6.45, 7) is 7.41. The first kappa shape index (κ1) is 22.6. The first-order valence-electron chi connectivity index (χ1n) is 10.4. The number of aryl methyl sites for hydroxylation is 1. The quantitative estimate of drug-likeness (QED) is 0.625. The number of aromatic nitrogens is 1. The highest BCUT2D eigenvalue weighted by molar-refractivity contribution is 5.98. The van der Waals surface area contributed by atoms with Gasteiger partial charge >= 0.3 is 5.97 Å². The summed E-state index contributed by atoms with van der Waals surface area (Å²) in [4.78, 5) is 29.4. The van der Waals surface area contributed by atoms with E-state index in [2.05, 4.69) is 10.3 Å². The zero-order valence-corrected chi connectivity index (χ0v) is 18.8. The summed E-state index contributed by atoms with van der Waals surface area (Å²) in [5, 5.41) is 2.88. The van der Waals surface area contributed by atoms with E-state index in [-0.39, 0.29) is 18.3 Å². The lowest BCUT2D eigenvalue weighted by Gasteiger charge is -2.39. The Balaban J connectivity index is 1.62. The van der Waals surface area contributed by atoms with Gasteiger partial charge in [-0.05, 0) is 58.2 Å². The lowest BCUT2D eigenvalue weighted by atomic mass is 9.66. The van der Waals surface area contributed by atoms with Gasteiger partial charge in [0.1, 0.15) is 17.1 Å². The predicted octanol–water partition coefficient (Wildman–Crippen LogP) is 5.03. The number of amides is 1. The van der Waals surface area contributed by atoms with E-state index >= 15 is 0 Å². The van der Waals surface area contributed by atoms with Gasteiger partial charge in [-0.2, -0.15) is 0 Å². The molecule has 0 bridgehead atoms. The summed E-state index contributed by atoms with van der Waals surface area (Å²) >= 11 is 0. The van der Waals surface area contributed by atoms with Crippen LogP contribution in [0.25, 0.3) is 0 Å². The summed E-state index contributed by atoms with van der Waals surface area (Å²) in [6.07, 6.45) is 3.88. The number of rotatable bonds is 7. The summed E-state index contributed by atoms with van der Waals surface area (Å²) in [6, 6.07) is 8.95. The molecule has 0 unspecified atom stereocenters. The fourth-order valence-electron chi connectivity index (χ4n) is 3.50. The molecule has 31 heavy (non-hydrogen) atoms. The van der Waals surface area contributed by atoms with Crippen molar-refractivity contribution in [1.29, 1.82) is 0 Å². The smallest absolute Gasteiger partial charge is 0.307 e. The van der Waals surface area contributed by atoms with Crippen molar-refractivity contribution >= 4 is 17.6 Å². The Morgan fingerprint density at radius 3 is 2.45 bits per heavy atom. The second-order valence-corrected chi connectivity index (χ2v) is 8.97. The number of carbonyl (C=O) groups excluding carboxylic acids is 2. The van der Waals surface area contributed by atoms with Gasteiger partial charge < -0.3 is 19.5 Å². The molecule has 0 saturated heterocycles. The summed E-state index contributed by atoms with van der Waals surface area (Å²) in [7, 11) is 1.61. The van der Waals surface area contributed by atoms with E-state index in [0.717, 1.165) is 17.7 Å². The molecule has 1 heterocycles. The lowest BCUT2D eigenvalue weighted by Crippen LogP contribution is -2.44. The van der Waals surface area contributed by atoms with Gasteiger partial charge in [0.25, 0.3) is 0 Å². The molecule has 0 aliphatic heterocycles. The Hall–Kier alpha value is -3.09. The van der Waals surface area contributed by atoms with Crippen molar-refractivity contribution < 1.29 is 23.8 Å². The summed E-state index contributed by atoms with van der Waals surface area (Å²) in [5.41, 5.74) is 0.279. The molecule has 1 N–H and O–H groups in total. The van der Waals surface area contributed by atoms with E-state index < -0.39 is 11.0 Å². The van der Waals surface area contributed by atoms with E-state index in [4.69, 9.17) is 14.2 Å². The number of methoxy groups -OCH3 is 1. The Labute approximate surface area is 183 Å². The van der Waals surface area contributed by atoms with Crippen molar-refractivity contribution in [3.63, 3.8) is 0 Å². The van der Waals surface area contributed by atoms with Crippen LogP contribution in [0.4, 0.5) is 5.69 Å². The lowest BCUT2D eigenvalue weighted by molar-refractivity contribution is -0.162. The molecule has 1 aliphatic rings. The standard InChI is InChI=1S/C24H30N2O5/c1-16-7-9-18(13-19(16)29-5)30-20-10-8-17(15-25-20)26-22(28)24(11-6-12-24)14-21(27)31-23(2,3)4/h7-10,13,15H,6,11-12,14H2,1-5H3,(H,26,28). The van der Waals surface area contributed by atoms with Gasteiger partial charge in [-0.3, -0.25) is 9.59 Å². The number of ether oxygens (including phenoxy) is 3. The van der Waals surface area contributed by atoms with Gasteiger partial charge in [-0.25, -0.2) is 4.98 Å². The molecular formula is C24H30N2O5. The molecule has 0 spiro atoms. The van der Waals surface area contributed by atoms with Crippen molar-refractivity contribution in [3.8, 4) is 17.4 Å². The Bertz CT molecular complexity index is 943. The number of anilines is 1. The third-order valence-corrected chi connectivity index (χ3v) is 5.29. The van der Waals surface area contributed by atoms with Crippen LogP contribution in [0.5, 0.6) is 17.4 Å². The topological polar surface area (TPSA) is 86.8 Å². The fraction of sp³-hybridized carbons (Fsp3) is 0.458. The fourth-order valence-corrected chi connectivity index (χ4v) is 3.50. The first-order valence-corrected chi connectivity index (χ1v) is 10.4. The zero-order valence-electron chi connectivity index (χ0n) is 18.8. The highest BCUT2D eigenvalue weighted by atomic mass is 16.6. The number of hydrogen-bond donors (Lipinski definition) is 1. The Kier molecular flexibility index (Phi) is 6.53. The average molecular weight is 427 g/mol. The SMILES string of the molecule is COc1cc(Oc2ccc(NC(=O)C3(CC(=O)OC(C)(C)C)CCC3)cn2)ccc1C. The summed E-state index contributed by atoms with van der Waals surface area (Å²) in [5.74, 6) is 1.21. The minimum Gasteiger partial charge on any atom is -0.496 e. The third-order valence-electron chi connectivity index (χ3n) is 5.29.